The standard InChI is InChI=1S/C15H19N3O3S/c1-9(2)13-8-14(18-17-13)16-15(19)12-7-11(22(4,20)21)6-5-10(12)3/h5-9H,1-4H3,(H2,16,17,18,19). The zero-order chi connectivity index (χ0) is 16.5. The molecule has 0 spiro atoms. The molecule has 0 aliphatic carbocycles. The zero-order valence-electron chi connectivity index (χ0n) is 13.0. The summed E-state index contributed by atoms with van der Waals surface area (Å²) >= 11 is 0. The Hall–Kier alpha value is -2.15. The Bertz CT molecular complexity index is 807. The predicted molar refractivity (Wildman–Crippen MR) is 84.9 cm³/mol. The molecule has 0 saturated carbocycles. The third-order valence-corrected chi connectivity index (χ3v) is 4.45. The van der Waals surface area contributed by atoms with Crippen molar-refractivity contribution in [3.8, 4) is 0 Å². The molecule has 0 bridgehead atoms. The summed E-state index contributed by atoms with van der Waals surface area (Å²) in [4.78, 5) is 12.5. The van der Waals surface area contributed by atoms with Gasteiger partial charge < -0.3 is 5.32 Å². The van der Waals surface area contributed by atoms with Crippen LogP contribution in [0, 0.1) is 6.92 Å². The third kappa shape index (κ3) is 3.54. The van der Waals surface area contributed by atoms with Crippen LogP contribution in [0.4, 0.5) is 5.82 Å². The number of aryl methyl sites for hydroxylation is 1. The minimum absolute atomic E-state index is 0.119. The molecular weight excluding hydrogens is 302 g/mol. The minimum atomic E-state index is -3.36. The summed E-state index contributed by atoms with van der Waals surface area (Å²) in [5.41, 5.74) is 1.93. The second-order valence-electron chi connectivity index (χ2n) is 5.57. The van der Waals surface area contributed by atoms with Gasteiger partial charge in [0.2, 0.25) is 0 Å². The van der Waals surface area contributed by atoms with Crippen molar-refractivity contribution in [1.29, 1.82) is 0 Å². The van der Waals surface area contributed by atoms with E-state index in [1.54, 1.807) is 19.1 Å². The number of carbonyl (C=O) groups is 1. The van der Waals surface area contributed by atoms with Crippen LogP contribution in [0.2, 0.25) is 0 Å². The van der Waals surface area contributed by atoms with Crippen molar-refractivity contribution in [2.45, 2.75) is 31.6 Å². The summed E-state index contributed by atoms with van der Waals surface area (Å²) in [5.74, 6) is 0.302. The topological polar surface area (TPSA) is 91.9 Å². The molecule has 2 rings (SSSR count). The van der Waals surface area contributed by atoms with Crippen molar-refractivity contribution in [3.05, 3.63) is 41.1 Å². The fourth-order valence-electron chi connectivity index (χ4n) is 1.96. The number of aromatic amines is 1. The molecule has 118 valence electrons. The number of benzene rings is 1. The highest BCUT2D eigenvalue weighted by Crippen LogP contribution is 2.19. The maximum Gasteiger partial charge on any atom is 0.257 e. The molecule has 1 heterocycles. The van der Waals surface area contributed by atoms with Gasteiger partial charge in [-0.1, -0.05) is 19.9 Å². The lowest BCUT2D eigenvalue weighted by atomic mass is 10.1. The molecule has 0 fully saturated rings. The molecule has 0 saturated heterocycles. The lowest BCUT2D eigenvalue weighted by Crippen LogP contribution is -2.14. The van der Waals surface area contributed by atoms with Gasteiger partial charge in [-0.25, -0.2) is 8.42 Å². The fourth-order valence-corrected chi connectivity index (χ4v) is 2.60. The molecule has 1 amide bonds. The SMILES string of the molecule is Cc1ccc(S(C)(=O)=O)cc1C(=O)Nc1cc(C(C)C)[nH]n1. The van der Waals surface area contributed by atoms with Gasteiger partial charge in [0.25, 0.3) is 5.91 Å². The first kappa shape index (κ1) is 16.2. The van der Waals surface area contributed by atoms with Crippen molar-refractivity contribution in [2.75, 3.05) is 11.6 Å². The van der Waals surface area contributed by atoms with E-state index in [4.69, 9.17) is 0 Å². The molecule has 0 radical (unpaired) electrons. The number of nitrogens with zero attached hydrogens (tertiary/aromatic N) is 1. The highest BCUT2D eigenvalue weighted by atomic mass is 32.2. The molecule has 0 atom stereocenters. The average molecular weight is 321 g/mol. The van der Waals surface area contributed by atoms with Crippen LogP contribution in [0.3, 0.4) is 0 Å². The second kappa shape index (κ2) is 5.92. The van der Waals surface area contributed by atoms with Crippen LogP contribution in [0.25, 0.3) is 0 Å². The Balaban J connectivity index is 2.29. The van der Waals surface area contributed by atoms with Crippen LogP contribution in [-0.4, -0.2) is 30.8 Å². The first-order chi connectivity index (χ1) is 10.2. The Labute approximate surface area is 129 Å². The number of hydrogen-bond donors (Lipinski definition) is 2. The molecule has 2 aromatic rings. The summed E-state index contributed by atoms with van der Waals surface area (Å²) in [7, 11) is -3.36. The number of rotatable bonds is 4. The molecule has 0 aliphatic rings. The number of H-pyrrole nitrogens is 1. The maximum absolute atomic E-state index is 12.3. The molecule has 7 heteroatoms. The Morgan fingerprint density at radius 3 is 2.50 bits per heavy atom. The van der Waals surface area contributed by atoms with Crippen LogP contribution in [0.15, 0.2) is 29.2 Å². The van der Waals surface area contributed by atoms with Gasteiger partial charge in [0, 0.05) is 23.6 Å². The number of amides is 1. The zero-order valence-corrected chi connectivity index (χ0v) is 13.8. The Morgan fingerprint density at radius 2 is 1.95 bits per heavy atom. The monoisotopic (exact) mass is 321 g/mol. The van der Waals surface area contributed by atoms with Gasteiger partial charge in [0.1, 0.15) is 0 Å². The number of nitrogens with one attached hydrogen (secondary N) is 2. The summed E-state index contributed by atoms with van der Waals surface area (Å²) in [6, 6.07) is 6.26. The largest absolute Gasteiger partial charge is 0.305 e. The smallest absolute Gasteiger partial charge is 0.257 e. The van der Waals surface area contributed by atoms with E-state index in [1.807, 2.05) is 13.8 Å². The molecular formula is C15H19N3O3S. The van der Waals surface area contributed by atoms with Gasteiger partial charge in [-0.15, -0.1) is 0 Å². The van der Waals surface area contributed by atoms with Crippen LogP contribution in [-0.2, 0) is 9.84 Å². The van der Waals surface area contributed by atoms with E-state index >= 15 is 0 Å². The molecule has 2 N–H and O–H groups in total. The quantitative estimate of drug-likeness (QED) is 0.905. The van der Waals surface area contributed by atoms with Gasteiger partial charge in [-0.05, 0) is 30.5 Å². The number of aromatic nitrogens is 2. The van der Waals surface area contributed by atoms with E-state index in [0.717, 1.165) is 11.9 Å². The van der Waals surface area contributed by atoms with Crippen LogP contribution >= 0.6 is 0 Å². The van der Waals surface area contributed by atoms with E-state index < -0.39 is 9.84 Å². The van der Waals surface area contributed by atoms with Gasteiger partial charge >= 0.3 is 0 Å². The molecule has 0 aliphatic heterocycles. The van der Waals surface area contributed by atoms with Gasteiger partial charge in [-0.3, -0.25) is 9.89 Å². The lowest BCUT2D eigenvalue weighted by molar-refractivity contribution is 0.102. The molecule has 22 heavy (non-hydrogen) atoms. The van der Waals surface area contributed by atoms with E-state index in [0.29, 0.717) is 16.9 Å². The summed E-state index contributed by atoms with van der Waals surface area (Å²) < 4.78 is 23.2. The van der Waals surface area contributed by atoms with Crippen molar-refractivity contribution in [2.24, 2.45) is 0 Å². The molecule has 1 aromatic heterocycles. The number of sulfone groups is 1. The minimum Gasteiger partial charge on any atom is -0.305 e. The average Bonchev–Trinajstić information content (AvgIpc) is 2.86. The maximum atomic E-state index is 12.3. The normalized spacial score (nSPS) is 11.7. The van der Waals surface area contributed by atoms with Crippen molar-refractivity contribution >= 4 is 21.6 Å². The highest BCUT2D eigenvalue weighted by Gasteiger charge is 2.16. The van der Waals surface area contributed by atoms with Crippen LogP contribution in [0.1, 0.15) is 41.4 Å². The van der Waals surface area contributed by atoms with Crippen LogP contribution < -0.4 is 5.32 Å². The first-order valence-corrected chi connectivity index (χ1v) is 8.75. The number of carbonyl (C=O) groups excluding carboxylic acids is 1. The van der Waals surface area contributed by atoms with E-state index in [2.05, 4.69) is 15.5 Å². The van der Waals surface area contributed by atoms with E-state index in [9.17, 15) is 13.2 Å². The van der Waals surface area contributed by atoms with Gasteiger partial charge in [-0.2, -0.15) is 5.10 Å². The van der Waals surface area contributed by atoms with Crippen LogP contribution in [0.5, 0.6) is 0 Å². The molecule has 6 nitrogen and oxygen atoms in total. The summed E-state index contributed by atoms with van der Waals surface area (Å²) in [5, 5.41) is 9.56. The second-order valence-corrected chi connectivity index (χ2v) is 7.58. The summed E-state index contributed by atoms with van der Waals surface area (Å²) in [6.07, 6.45) is 1.11. The lowest BCUT2D eigenvalue weighted by Gasteiger charge is -2.07. The summed E-state index contributed by atoms with van der Waals surface area (Å²) in [6.45, 7) is 5.78. The Morgan fingerprint density at radius 1 is 1.27 bits per heavy atom. The Kier molecular flexibility index (Phi) is 4.37. The number of hydrogen-bond acceptors (Lipinski definition) is 4. The fraction of sp³-hybridized carbons (Fsp3) is 0.333. The van der Waals surface area contributed by atoms with Gasteiger partial charge in [0.05, 0.1) is 4.90 Å². The first-order valence-electron chi connectivity index (χ1n) is 6.86. The third-order valence-electron chi connectivity index (χ3n) is 3.34. The molecule has 1 aromatic carbocycles. The number of anilines is 1. The van der Waals surface area contributed by atoms with Crippen molar-refractivity contribution in [3.63, 3.8) is 0 Å². The van der Waals surface area contributed by atoms with Gasteiger partial charge in [0.15, 0.2) is 15.7 Å². The predicted octanol–water partition coefficient (Wildman–Crippen LogP) is 2.50. The van der Waals surface area contributed by atoms with Crippen molar-refractivity contribution < 1.29 is 13.2 Å². The van der Waals surface area contributed by atoms with E-state index in [-0.39, 0.29) is 16.7 Å². The highest BCUT2D eigenvalue weighted by molar-refractivity contribution is 7.90. The van der Waals surface area contributed by atoms with E-state index in [1.165, 1.54) is 12.1 Å². The van der Waals surface area contributed by atoms with Crippen molar-refractivity contribution in [1.82, 2.24) is 10.2 Å². The molecule has 0 unspecified atom stereocenters.